The van der Waals surface area contributed by atoms with Gasteiger partial charge in [0.15, 0.2) is 0 Å². The number of piperidine rings is 1. The van der Waals surface area contributed by atoms with Gasteiger partial charge in [0.1, 0.15) is 11.5 Å². The summed E-state index contributed by atoms with van der Waals surface area (Å²) in [6.07, 6.45) is 3.64. The second-order valence-electron chi connectivity index (χ2n) is 9.87. The molecule has 0 atom stereocenters. The molecular weight excluding hydrogens is 540 g/mol. The number of sulfonamides is 1. The number of nitrogens with one attached hydrogen (secondary N) is 4. The van der Waals surface area contributed by atoms with E-state index in [1.54, 1.807) is 43.3 Å². The standard InChI is InChI=1S/C27H31ClN6O4S/c1-17-24(27(36)29-11-14-34-12-5-2-6-13-34)32-25(31-17)19-9-10-22(20-15-30-26(35)23(19)20)33-39(37,38)16-18-7-3-4-8-21(18)28/h3-4,7-10,33H,2,5-6,11-16H2,1H3,(H,29,36)(H,30,35)(H,31,32). The molecule has 5 rings (SSSR count). The number of fused-ring (bicyclic) bond motifs is 1. The van der Waals surface area contributed by atoms with E-state index in [0.717, 1.165) is 19.6 Å². The summed E-state index contributed by atoms with van der Waals surface area (Å²) in [6, 6.07) is 9.98. The number of imidazole rings is 1. The predicted molar refractivity (Wildman–Crippen MR) is 150 cm³/mol. The van der Waals surface area contributed by atoms with Crippen LogP contribution in [0.5, 0.6) is 0 Å². The molecule has 39 heavy (non-hydrogen) atoms. The fourth-order valence-electron chi connectivity index (χ4n) is 5.07. The average molecular weight is 571 g/mol. The highest BCUT2D eigenvalue weighted by Gasteiger charge is 2.29. The van der Waals surface area contributed by atoms with Crippen LogP contribution in [0.4, 0.5) is 5.69 Å². The van der Waals surface area contributed by atoms with Crippen molar-refractivity contribution in [1.82, 2.24) is 25.5 Å². The van der Waals surface area contributed by atoms with E-state index in [0.29, 0.717) is 51.0 Å². The van der Waals surface area contributed by atoms with Crippen molar-refractivity contribution in [3.8, 4) is 11.4 Å². The number of carbonyl (C=O) groups is 2. The van der Waals surface area contributed by atoms with E-state index in [1.807, 2.05) is 0 Å². The highest BCUT2D eigenvalue weighted by molar-refractivity contribution is 7.91. The molecule has 0 aliphatic carbocycles. The number of aromatic amines is 1. The number of aromatic nitrogens is 2. The Labute approximate surface area is 232 Å². The Morgan fingerprint density at radius 1 is 1.13 bits per heavy atom. The third-order valence-corrected chi connectivity index (χ3v) is 8.64. The number of nitrogens with zero attached hydrogens (tertiary/aromatic N) is 2. The van der Waals surface area contributed by atoms with Gasteiger partial charge in [0.2, 0.25) is 10.0 Å². The molecule has 0 radical (unpaired) electrons. The van der Waals surface area contributed by atoms with Crippen molar-refractivity contribution in [2.24, 2.45) is 0 Å². The lowest BCUT2D eigenvalue weighted by Gasteiger charge is -2.26. The number of aryl methyl sites for hydroxylation is 1. The van der Waals surface area contributed by atoms with Crippen LogP contribution in [0.3, 0.4) is 0 Å². The van der Waals surface area contributed by atoms with E-state index in [2.05, 4.69) is 30.2 Å². The van der Waals surface area contributed by atoms with Gasteiger partial charge < -0.3 is 20.5 Å². The summed E-state index contributed by atoms with van der Waals surface area (Å²) in [7, 11) is -3.81. The van der Waals surface area contributed by atoms with E-state index >= 15 is 0 Å². The number of hydrogen-bond donors (Lipinski definition) is 4. The van der Waals surface area contributed by atoms with Gasteiger partial charge in [-0.1, -0.05) is 36.2 Å². The van der Waals surface area contributed by atoms with Gasteiger partial charge in [0.05, 0.1) is 17.0 Å². The zero-order valence-electron chi connectivity index (χ0n) is 21.6. The van der Waals surface area contributed by atoms with Crippen molar-refractivity contribution < 1.29 is 18.0 Å². The molecule has 206 valence electrons. The Bertz CT molecular complexity index is 1510. The number of likely N-dealkylation sites (tertiary alicyclic amines) is 1. The highest BCUT2D eigenvalue weighted by Crippen LogP contribution is 2.34. The van der Waals surface area contributed by atoms with Gasteiger partial charge in [-0.15, -0.1) is 0 Å². The Kier molecular flexibility index (Phi) is 7.92. The lowest BCUT2D eigenvalue weighted by molar-refractivity contribution is 0.0939. The van der Waals surface area contributed by atoms with Gasteiger partial charge >= 0.3 is 0 Å². The Balaban J connectivity index is 1.34. The van der Waals surface area contributed by atoms with Crippen molar-refractivity contribution in [1.29, 1.82) is 0 Å². The van der Waals surface area contributed by atoms with Crippen LogP contribution >= 0.6 is 11.6 Å². The monoisotopic (exact) mass is 570 g/mol. The summed E-state index contributed by atoms with van der Waals surface area (Å²) < 4.78 is 28.5. The fraction of sp³-hybridized carbons (Fsp3) is 0.370. The molecule has 1 saturated heterocycles. The molecule has 3 heterocycles. The fourth-order valence-corrected chi connectivity index (χ4v) is 6.61. The third kappa shape index (κ3) is 6.10. The first-order chi connectivity index (χ1) is 18.7. The first kappa shape index (κ1) is 27.2. The van der Waals surface area contributed by atoms with E-state index < -0.39 is 10.0 Å². The molecule has 12 heteroatoms. The smallest absolute Gasteiger partial charge is 0.271 e. The van der Waals surface area contributed by atoms with Crippen LogP contribution in [0, 0.1) is 6.92 Å². The highest BCUT2D eigenvalue weighted by atomic mass is 35.5. The van der Waals surface area contributed by atoms with Gasteiger partial charge in [-0.3, -0.25) is 14.3 Å². The van der Waals surface area contributed by atoms with Crippen LogP contribution < -0.4 is 15.4 Å². The van der Waals surface area contributed by atoms with Crippen LogP contribution in [-0.4, -0.2) is 61.3 Å². The summed E-state index contributed by atoms with van der Waals surface area (Å²) in [5, 5.41) is 6.07. The Morgan fingerprint density at radius 3 is 2.67 bits per heavy atom. The molecule has 4 N–H and O–H groups in total. The lowest BCUT2D eigenvalue weighted by atomic mass is 10.0. The molecule has 0 bridgehead atoms. The molecule has 2 amide bonds. The van der Waals surface area contributed by atoms with Crippen molar-refractivity contribution in [2.75, 3.05) is 30.9 Å². The van der Waals surface area contributed by atoms with Gasteiger partial charge in [-0.2, -0.15) is 0 Å². The second-order valence-corrected chi connectivity index (χ2v) is 12.0. The van der Waals surface area contributed by atoms with Crippen LogP contribution in [0.2, 0.25) is 5.02 Å². The van der Waals surface area contributed by atoms with E-state index in [9.17, 15) is 18.0 Å². The zero-order valence-corrected chi connectivity index (χ0v) is 23.2. The molecule has 10 nitrogen and oxygen atoms in total. The lowest BCUT2D eigenvalue weighted by Crippen LogP contribution is -2.37. The number of amides is 2. The number of anilines is 1. The summed E-state index contributed by atoms with van der Waals surface area (Å²) in [6.45, 7) is 5.36. The Morgan fingerprint density at radius 2 is 1.90 bits per heavy atom. The van der Waals surface area contributed by atoms with Crippen LogP contribution in [0.25, 0.3) is 11.4 Å². The van der Waals surface area contributed by atoms with Gasteiger partial charge in [-0.25, -0.2) is 13.4 Å². The largest absolute Gasteiger partial charge is 0.349 e. The van der Waals surface area contributed by atoms with Gasteiger partial charge in [-0.05, 0) is 56.6 Å². The summed E-state index contributed by atoms with van der Waals surface area (Å²) in [5.41, 5.74) is 2.95. The quantitative estimate of drug-likeness (QED) is 0.311. The molecule has 1 fully saturated rings. The van der Waals surface area contributed by atoms with Crippen molar-refractivity contribution in [3.05, 3.63) is 69.5 Å². The molecule has 0 saturated carbocycles. The maximum Gasteiger partial charge on any atom is 0.271 e. The SMILES string of the molecule is Cc1[nH]c(-c2ccc(NS(=O)(=O)Cc3ccccc3Cl)c3c2C(=O)NC3)nc1C(=O)NCCN1CCCCC1. The number of rotatable bonds is 9. The molecular formula is C27H31ClN6O4S. The number of halogens is 1. The third-order valence-electron chi connectivity index (χ3n) is 7.05. The molecule has 2 aromatic carbocycles. The molecule has 2 aliphatic rings. The van der Waals surface area contributed by atoms with Gasteiger partial charge in [0.25, 0.3) is 11.8 Å². The topological polar surface area (TPSA) is 136 Å². The average Bonchev–Trinajstić information content (AvgIpc) is 3.49. The van der Waals surface area contributed by atoms with Crippen molar-refractivity contribution in [2.45, 2.75) is 38.5 Å². The normalized spacial score (nSPS) is 15.6. The molecule has 3 aromatic rings. The minimum atomic E-state index is -3.81. The molecule has 1 aromatic heterocycles. The molecule has 0 unspecified atom stereocenters. The molecule has 2 aliphatic heterocycles. The zero-order chi connectivity index (χ0) is 27.6. The second kappa shape index (κ2) is 11.4. The minimum absolute atomic E-state index is 0.162. The first-order valence-electron chi connectivity index (χ1n) is 13.0. The van der Waals surface area contributed by atoms with Crippen LogP contribution in [0.15, 0.2) is 36.4 Å². The molecule has 0 spiro atoms. The maximum atomic E-state index is 12.9. The van der Waals surface area contributed by atoms with E-state index in [4.69, 9.17) is 11.6 Å². The maximum absolute atomic E-state index is 12.9. The van der Waals surface area contributed by atoms with E-state index in [1.165, 1.54) is 19.3 Å². The number of carbonyl (C=O) groups excluding carboxylic acids is 2. The van der Waals surface area contributed by atoms with Crippen molar-refractivity contribution in [3.63, 3.8) is 0 Å². The van der Waals surface area contributed by atoms with Gasteiger partial charge in [0, 0.05) is 41.5 Å². The van der Waals surface area contributed by atoms with E-state index in [-0.39, 0.29) is 29.8 Å². The minimum Gasteiger partial charge on any atom is -0.349 e. The predicted octanol–water partition coefficient (Wildman–Crippen LogP) is 3.44. The van der Waals surface area contributed by atoms with Crippen molar-refractivity contribution >= 4 is 39.1 Å². The number of H-pyrrole nitrogens is 1. The number of hydrogen-bond acceptors (Lipinski definition) is 6. The summed E-state index contributed by atoms with van der Waals surface area (Å²) in [4.78, 5) is 35.6. The van der Waals surface area contributed by atoms with Crippen LogP contribution in [0.1, 0.15) is 56.9 Å². The Hall–Kier alpha value is -3.41. The first-order valence-corrected chi connectivity index (χ1v) is 15.0. The number of benzene rings is 2. The summed E-state index contributed by atoms with van der Waals surface area (Å²) in [5.74, 6) is -0.559. The van der Waals surface area contributed by atoms with Crippen LogP contribution in [-0.2, 0) is 22.3 Å². The summed E-state index contributed by atoms with van der Waals surface area (Å²) >= 11 is 6.15.